The van der Waals surface area contributed by atoms with Crippen molar-refractivity contribution < 1.29 is 24.5 Å². The number of aliphatic hydroxyl groups is 2. The minimum Gasteiger partial charge on any atom is -0.448 e. The van der Waals surface area contributed by atoms with Gasteiger partial charge in [0.1, 0.15) is 0 Å². The maximum Gasteiger partial charge on any atom is 0.313 e. The van der Waals surface area contributed by atoms with E-state index in [9.17, 15) is 19.8 Å². The van der Waals surface area contributed by atoms with Gasteiger partial charge in [-0.25, -0.2) is 0 Å². The van der Waals surface area contributed by atoms with Gasteiger partial charge in [-0.1, -0.05) is 57.1 Å². The number of thiophene rings is 1. The molecule has 0 spiro atoms. The fourth-order valence-corrected chi connectivity index (χ4v) is 11.3. The predicted molar refractivity (Wildman–Crippen MR) is 167 cm³/mol. The van der Waals surface area contributed by atoms with Gasteiger partial charge < -0.3 is 19.8 Å². The average molecular weight is 608 g/mol. The van der Waals surface area contributed by atoms with Gasteiger partial charge in [0.15, 0.2) is 5.60 Å². The van der Waals surface area contributed by atoms with E-state index in [1.807, 2.05) is 31.7 Å². The van der Waals surface area contributed by atoms with Gasteiger partial charge in [0.05, 0.1) is 23.7 Å². The van der Waals surface area contributed by atoms with Crippen molar-refractivity contribution in [3.8, 4) is 0 Å². The Bertz CT molecular complexity index is 1400. The fourth-order valence-electron chi connectivity index (χ4n) is 10.6. The topological polar surface area (TPSA) is 87.1 Å². The minimum absolute atomic E-state index is 0.0836. The summed E-state index contributed by atoms with van der Waals surface area (Å²) in [6.07, 6.45) is 12.4. The molecule has 8 unspecified atom stereocenters. The lowest BCUT2D eigenvalue weighted by Crippen LogP contribution is -2.61. The zero-order valence-electron chi connectivity index (χ0n) is 26.6. The van der Waals surface area contributed by atoms with Crippen molar-refractivity contribution in [2.24, 2.45) is 33.5 Å². The van der Waals surface area contributed by atoms with E-state index in [1.54, 1.807) is 11.3 Å². The Balaban J connectivity index is 1.20. The number of nitrogens with zero attached hydrogens (tertiary/aromatic N) is 1. The van der Waals surface area contributed by atoms with Crippen molar-refractivity contribution in [2.75, 3.05) is 13.1 Å². The molecule has 0 aromatic carbocycles. The van der Waals surface area contributed by atoms with E-state index >= 15 is 0 Å². The third kappa shape index (κ3) is 3.83. The van der Waals surface area contributed by atoms with E-state index in [2.05, 4.69) is 37.4 Å². The lowest BCUT2D eigenvalue weighted by molar-refractivity contribution is -0.178. The minimum atomic E-state index is -1.19. The number of aliphatic hydroxyl groups excluding tert-OH is 1. The van der Waals surface area contributed by atoms with E-state index < -0.39 is 22.0 Å². The van der Waals surface area contributed by atoms with Gasteiger partial charge in [-0.3, -0.25) is 9.59 Å². The number of amides is 1. The second-order valence-corrected chi connectivity index (χ2v) is 17.1. The van der Waals surface area contributed by atoms with Crippen molar-refractivity contribution >= 4 is 23.2 Å². The number of rotatable bonds is 6. The first-order valence-corrected chi connectivity index (χ1v) is 17.5. The van der Waals surface area contributed by atoms with E-state index in [0.717, 1.165) is 38.5 Å². The predicted octanol–water partition coefficient (Wildman–Crippen LogP) is 6.22. The third-order valence-corrected chi connectivity index (χ3v) is 15.2. The Morgan fingerprint density at radius 1 is 1.02 bits per heavy atom. The molecule has 6 nitrogen and oxygen atoms in total. The van der Waals surface area contributed by atoms with Crippen LogP contribution >= 0.6 is 11.3 Å². The van der Waals surface area contributed by atoms with Gasteiger partial charge >= 0.3 is 5.97 Å². The molecule has 6 aliphatic rings. The summed E-state index contributed by atoms with van der Waals surface area (Å²) in [4.78, 5) is 30.9. The van der Waals surface area contributed by atoms with Gasteiger partial charge in [-0.15, -0.1) is 11.3 Å². The van der Waals surface area contributed by atoms with Gasteiger partial charge in [0, 0.05) is 22.3 Å². The maximum atomic E-state index is 14.7. The molecule has 7 heteroatoms. The summed E-state index contributed by atoms with van der Waals surface area (Å²) in [6, 6.07) is 4.14. The molecule has 1 aromatic rings. The molecule has 2 heterocycles. The number of ether oxygens (including phenoxy) is 1. The molecule has 1 aliphatic heterocycles. The van der Waals surface area contributed by atoms with Crippen molar-refractivity contribution in [1.82, 2.24) is 4.90 Å². The van der Waals surface area contributed by atoms with Crippen LogP contribution in [0.4, 0.5) is 0 Å². The number of esters is 1. The molecule has 0 radical (unpaired) electrons. The van der Waals surface area contributed by atoms with Crippen molar-refractivity contribution in [2.45, 2.75) is 116 Å². The molecule has 2 N–H and O–H groups in total. The van der Waals surface area contributed by atoms with Crippen LogP contribution in [0.5, 0.6) is 0 Å². The van der Waals surface area contributed by atoms with Crippen molar-refractivity contribution in [1.29, 1.82) is 0 Å². The van der Waals surface area contributed by atoms with Crippen LogP contribution in [-0.4, -0.2) is 57.4 Å². The lowest BCUT2D eigenvalue weighted by Gasteiger charge is -2.56. The smallest absolute Gasteiger partial charge is 0.313 e. The molecular weight excluding hydrogens is 558 g/mol. The van der Waals surface area contributed by atoms with E-state index in [-0.39, 0.29) is 41.3 Å². The molecule has 5 aliphatic carbocycles. The van der Waals surface area contributed by atoms with Gasteiger partial charge in [-0.2, -0.15) is 0 Å². The van der Waals surface area contributed by atoms with Crippen LogP contribution < -0.4 is 0 Å². The standard InChI is InChI=1S/C36H49NO5S/c1-31(2)34(5)17-18-36(31,42-30(34)40)29(39)37(19-13-25-7-6-20-43-25)22-35(41)16-12-28-26-9-8-23-21-24(38)10-14-32(23,3)27(26)11-15-33(28,35)4/h6-9,20,24,27-28,38,41H,10-19,21-22H2,1-5H3. The summed E-state index contributed by atoms with van der Waals surface area (Å²) in [6.45, 7) is 11.4. The highest BCUT2D eigenvalue weighted by Crippen LogP contribution is 2.68. The van der Waals surface area contributed by atoms with Gasteiger partial charge in [0.25, 0.3) is 5.91 Å². The molecular formula is C36H49NO5S. The summed E-state index contributed by atoms with van der Waals surface area (Å²) in [5, 5.41) is 25.1. The molecule has 4 saturated carbocycles. The quantitative estimate of drug-likeness (QED) is 0.375. The first kappa shape index (κ1) is 29.7. The average Bonchev–Trinajstić information content (AvgIpc) is 3.66. The summed E-state index contributed by atoms with van der Waals surface area (Å²) in [7, 11) is 0. The Morgan fingerprint density at radius 3 is 2.47 bits per heavy atom. The fraction of sp³-hybridized carbons (Fsp3) is 0.722. The molecule has 1 amide bonds. The highest BCUT2D eigenvalue weighted by Gasteiger charge is 2.76. The summed E-state index contributed by atoms with van der Waals surface area (Å²) in [5.41, 5.74) is -0.928. The molecule has 5 fully saturated rings. The van der Waals surface area contributed by atoms with Gasteiger partial charge in [0.2, 0.25) is 0 Å². The molecule has 43 heavy (non-hydrogen) atoms. The highest BCUT2D eigenvalue weighted by molar-refractivity contribution is 7.09. The molecule has 1 saturated heterocycles. The number of fused-ring (bicyclic) bond motifs is 7. The molecule has 1 aromatic heterocycles. The van der Waals surface area contributed by atoms with Crippen LogP contribution in [0.1, 0.15) is 97.3 Å². The Morgan fingerprint density at radius 2 is 1.79 bits per heavy atom. The van der Waals surface area contributed by atoms with Crippen LogP contribution in [0.15, 0.2) is 40.8 Å². The van der Waals surface area contributed by atoms with Gasteiger partial charge in [-0.05, 0) is 99.8 Å². The van der Waals surface area contributed by atoms with Crippen LogP contribution in [-0.2, 0) is 20.7 Å². The first-order valence-electron chi connectivity index (χ1n) is 16.6. The number of carbonyl (C=O) groups excluding carboxylic acids is 2. The molecule has 234 valence electrons. The Hall–Kier alpha value is -1.96. The first-order chi connectivity index (χ1) is 20.2. The second kappa shape index (κ2) is 9.53. The zero-order chi connectivity index (χ0) is 30.6. The monoisotopic (exact) mass is 607 g/mol. The largest absolute Gasteiger partial charge is 0.448 e. The maximum absolute atomic E-state index is 14.7. The SMILES string of the molecule is CC12CCC(O)CC1=CC=C1C2CCC2(C)C1CCC2(O)CN(CCc1cccs1)C(=O)C12CCC(C)(C(=O)O1)C2(C)C. The van der Waals surface area contributed by atoms with Crippen LogP contribution in [0, 0.1) is 33.5 Å². The van der Waals surface area contributed by atoms with E-state index in [4.69, 9.17) is 4.74 Å². The molecule has 8 atom stereocenters. The van der Waals surface area contributed by atoms with Crippen LogP contribution in [0.25, 0.3) is 0 Å². The number of carbonyl (C=O) groups is 2. The third-order valence-electron chi connectivity index (χ3n) is 14.2. The van der Waals surface area contributed by atoms with Crippen molar-refractivity contribution in [3.63, 3.8) is 0 Å². The second-order valence-electron chi connectivity index (χ2n) is 16.0. The van der Waals surface area contributed by atoms with Crippen molar-refractivity contribution in [3.05, 3.63) is 45.7 Å². The van der Waals surface area contributed by atoms with E-state index in [1.165, 1.54) is 16.0 Å². The van der Waals surface area contributed by atoms with Crippen LogP contribution in [0.3, 0.4) is 0 Å². The Labute approximate surface area is 260 Å². The number of allylic oxidation sites excluding steroid dienone is 3. The highest BCUT2D eigenvalue weighted by atomic mass is 32.1. The molecule has 7 rings (SSSR count). The number of hydrogen-bond acceptors (Lipinski definition) is 6. The molecule has 2 bridgehead atoms. The summed E-state index contributed by atoms with van der Waals surface area (Å²) >= 11 is 1.69. The van der Waals surface area contributed by atoms with Crippen LogP contribution in [0.2, 0.25) is 0 Å². The summed E-state index contributed by atoms with van der Waals surface area (Å²) < 4.78 is 6.07. The lowest BCUT2D eigenvalue weighted by atomic mass is 9.50. The number of hydrogen-bond donors (Lipinski definition) is 2. The normalized spacial score (nSPS) is 44.2. The van der Waals surface area contributed by atoms with E-state index in [0.29, 0.717) is 38.1 Å². The summed E-state index contributed by atoms with van der Waals surface area (Å²) in [5.74, 6) is 0.322. The zero-order valence-corrected chi connectivity index (χ0v) is 27.4. The Kier molecular flexibility index (Phi) is 6.59.